The molecule has 0 amide bonds. The van der Waals surface area contributed by atoms with Gasteiger partial charge in [-0.3, -0.25) is 0 Å². The van der Waals surface area contributed by atoms with Crippen molar-refractivity contribution in [3.63, 3.8) is 0 Å². The van der Waals surface area contributed by atoms with Crippen LogP contribution < -0.4 is 0 Å². The van der Waals surface area contributed by atoms with Crippen LogP contribution in [0.3, 0.4) is 0 Å². The fourth-order valence-electron chi connectivity index (χ4n) is 3.05. The summed E-state index contributed by atoms with van der Waals surface area (Å²) in [6.45, 7) is 4.78. The molecule has 0 aromatic rings. The van der Waals surface area contributed by atoms with Crippen LogP contribution in [0, 0.1) is 17.3 Å². The van der Waals surface area contributed by atoms with Gasteiger partial charge in [0, 0.05) is 0 Å². The Morgan fingerprint density at radius 2 is 2.09 bits per heavy atom. The smallest absolute Gasteiger partial charge is 0.0266 e. The Morgan fingerprint density at radius 1 is 1.36 bits per heavy atom. The molecule has 0 nitrogen and oxygen atoms in total. The van der Waals surface area contributed by atoms with Crippen molar-refractivity contribution in [3.8, 4) is 0 Å². The van der Waals surface area contributed by atoms with Crippen molar-refractivity contribution in [3.05, 3.63) is 0 Å². The second-order valence-electron chi connectivity index (χ2n) is 4.77. The molecule has 0 aliphatic heterocycles. The van der Waals surface area contributed by atoms with Crippen LogP contribution >= 0.6 is 0 Å². The van der Waals surface area contributed by atoms with Gasteiger partial charge in [0.1, 0.15) is 0 Å². The highest BCUT2D eigenvalue weighted by molar-refractivity contribution is 5.06. The summed E-state index contributed by atoms with van der Waals surface area (Å²) in [7, 11) is 0. The van der Waals surface area contributed by atoms with Gasteiger partial charge in [0.05, 0.1) is 0 Å². The summed E-state index contributed by atoms with van der Waals surface area (Å²) in [4.78, 5) is 0. The Bertz CT molecular complexity index is 144. The Morgan fingerprint density at radius 3 is 2.45 bits per heavy atom. The number of rotatable bonds is 3. The Kier molecular flexibility index (Phi) is 1.74. The zero-order chi connectivity index (χ0) is 7.90. The third kappa shape index (κ3) is 1.11. The minimum atomic E-state index is 0.911. The zero-order valence-corrected chi connectivity index (χ0v) is 7.90. The fourth-order valence-corrected chi connectivity index (χ4v) is 3.05. The molecule has 0 heterocycles. The van der Waals surface area contributed by atoms with E-state index in [0.29, 0.717) is 0 Å². The van der Waals surface area contributed by atoms with E-state index in [2.05, 4.69) is 13.8 Å². The minimum Gasteiger partial charge on any atom is -0.0654 e. The minimum absolute atomic E-state index is 0.911. The molecule has 2 saturated carbocycles. The predicted octanol–water partition coefficient (Wildman–Crippen LogP) is 3.61. The van der Waals surface area contributed by atoms with Gasteiger partial charge < -0.3 is 0 Å². The standard InChI is InChI=1S/C11H20/c1-3-4-9(2)10-5-6-11(10)7-8-11/h9-10H,3-8H2,1-2H3. The summed E-state index contributed by atoms with van der Waals surface area (Å²) >= 11 is 0. The van der Waals surface area contributed by atoms with Crippen molar-refractivity contribution in [2.24, 2.45) is 17.3 Å². The van der Waals surface area contributed by atoms with Crippen LogP contribution in [0.4, 0.5) is 0 Å². The molecule has 0 aromatic heterocycles. The van der Waals surface area contributed by atoms with Crippen molar-refractivity contribution < 1.29 is 0 Å². The lowest BCUT2D eigenvalue weighted by molar-refractivity contribution is 0.0838. The lowest BCUT2D eigenvalue weighted by atomic mass is 9.64. The van der Waals surface area contributed by atoms with E-state index in [9.17, 15) is 0 Å². The third-order valence-electron chi connectivity index (χ3n) is 4.06. The summed E-state index contributed by atoms with van der Waals surface area (Å²) in [5.41, 5.74) is 0.911. The van der Waals surface area contributed by atoms with E-state index in [1.807, 2.05) is 0 Å². The van der Waals surface area contributed by atoms with Gasteiger partial charge in [-0.05, 0) is 42.9 Å². The average molecular weight is 152 g/mol. The van der Waals surface area contributed by atoms with E-state index in [1.54, 1.807) is 25.7 Å². The highest BCUT2D eigenvalue weighted by atomic mass is 14.6. The van der Waals surface area contributed by atoms with E-state index >= 15 is 0 Å². The van der Waals surface area contributed by atoms with Crippen LogP contribution in [0.25, 0.3) is 0 Å². The first-order valence-electron chi connectivity index (χ1n) is 5.28. The van der Waals surface area contributed by atoms with E-state index < -0.39 is 0 Å². The number of hydrogen-bond acceptors (Lipinski definition) is 0. The van der Waals surface area contributed by atoms with Crippen LogP contribution in [0.5, 0.6) is 0 Å². The molecule has 0 saturated heterocycles. The van der Waals surface area contributed by atoms with Gasteiger partial charge in [0.2, 0.25) is 0 Å². The van der Waals surface area contributed by atoms with E-state index in [-0.39, 0.29) is 0 Å². The average Bonchev–Trinajstić information content (AvgIpc) is 2.64. The molecule has 0 heteroatoms. The van der Waals surface area contributed by atoms with Gasteiger partial charge >= 0.3 is 0 Å². The lowest BCUT2D eigenvalue weighted by Gasteiger charge is -2.41. The zero-order valence-electron chi connectivity index (χ0n) is 7.90. The fraction of sp³-hybridized carbons (Fsp3) is 1.00. The number of hydrogen-bond donors (Lipinski definition) is 0. The molecule has 2 rings (SSSR count). The Balaban J connectivity index is 1.85. The molecule has 1 spiro atoms. The van der Waals surface area contributed by atoms with E-state index in [0.717, 1.165) is 17.3 Å². The molecular formula is C11H20. The summed E-state index contributed by atoms with van der Waals surface area (Å²) in [5.74, 6) is 2.15. The molecule has 2 aliphatic carbocycles. The molecule has 0 radical (unpaired) electrons. The van der Waals surface area contributed by atoms with Gasteiger partial charge in [0.15, 0.2) is 0 Å². The topological polar surface area (TPSA) is 0 Å². The molecule has 2 fully saturated rings. The summed E-state index contributed by atoms with van der Waals surface area (Å²) in [5, 5.41) is 0. The summed E-state index contributed by atoms with van der Waals surface area (Å²) in [6, 6.07) is 0. The molecule has 2 atom stereocenters. The summed E-state index contributed by atoms with van der Waals surface area (Å²) in [6.07, 6.45) is 9.07. The van der Waals surface area contributed by atoms with Crippen molar-refractivity contribution in [1.29, 1.82) is 0 Å². The molecule has 64 valence electrons. The molecule has 0 bridgehead atoms. The lowest BCUT2D eigenvalue weighted by Crippen LogP contribution is -2.32. The highest BCUT2D eigenvalue weighted by Crippen LogP contribution is 2.66. The van der Waals surface area contributed by atoms with Crippen LogP contribution in [0.15, 0.2) is 0 Å². The largest absolute Gasteiger partial charge is 0.0654 e. The highest BCUT2D eigenvalue weighted by Gasteiger charge is 2.56. The first kappa shape index (κ1) is 7.64. The maximum absolute atomic E-state index is 2.47. The van der Waals surface area contributed by atoms with Gasteiger partial charge in [-0.25, -0.2) is 0 Å². The van der Waals surface area contributed by atoms with Crippen LogP contribution in [-0.2, 0) is 0 Å². The monoisotopic (exact) mass is 152 g/mol. The van der Waals surface area contributed by atoms with E-state index in [1.165, 1.54) is 12.8 Å². The quantitative estimate of drug-likeness (QED) is 0.579. The van der Waals surface area contributed by atoms with Gasteiger partial charge in [-0.15, -0.1) is 0 Å². The van der Waals surface area contributed by atoms with Gasteiger partial charge in [-0.1, -0.05) is 26.7 Å². The molecule has 11 heavy (non-hydrogen) atoms. The third-order valence-corrected chi connectivity index (χ3v) is 4.06. The van der Waals surface area contributed by atoms with E-state index in [4.69, 9.17) is 0 Å². The maximum Gasteiger partial charge on any atom is -0.0266 e. The first-order chi connectivity index (χ1) is 5.28. The van der Waals surface area contributed by atoms with Gasteiger partial charge in [-0.2, -0.15) is 0 Å². The molecule has 0 N–H and O–H groups in total. The van der Waals surface area contributed by atoms with Crippen LogP contribution in [0.2, 0.25) is 0 Å². The van der Waals surface area contributed by atoms with Crippen molar-refractivity contribution >= 4 is 0 Å². The molecule has 2 unspecified atom stereocenters. The first-order valence-corrected chi connectivity index (χ1v) is 5.28. The Hall–Kier alpha value is 0. The molecular weight excluding hydrogens is 132 g/mol. The predicted molar refractivity (Wildman–Crippen MR) is 48.5 cm³/mol. The summed E-state index contributed by atoms with van der Waals surface area (Å²) < 4.78 is 0. The van der Waals surface area contributed by atoms with Gasteiger partial charge in [0.25, 0.3) is 0 Å². The van der Waals surface area contributed by atoms with Crippen molar-refractivity contribution in [2.45, 2.75) is 52.4 Å². The Labute approximate surface area is 70.4 Å². The molecule has 2 aliphatic rings. The van der Waals surface area contributed by atoms with Crippen molar-refractivity contribution in [1.82, 2.24) is 0 Å². The van der Waals surface area contributed by atoms with Crippen LogP contribution in [-0.4, -0.2) is 0 Å². The second-order valence-corrected chi connectivity index (χ2v) is 4.77. The normalized spacial score (nSPS) is 34.9. The van der Waals surface area contributed by atoms with Crippen LogP contribution in [0.1, 0.15) is 52.4 Å². The SMILES string of the molecule is CCCC(C)C1CCC12CC2. The molecule has 0 aromatic carbocycles. The second kappa shape index (κ2) is 2.50. The van der Waals surface area contributed by atoms with Crippen molar-refractivity contribution in [2.75, 3.05) is 0 Å². The maximum atomic E-state index is 2.47.